The first-order valence-corrected chi connectivity index (χ1v) is 6.37. The number of hydrogen-bond donors (Lipinski definition) is 2. The number of amides is 1. The minimum atomic E-state index is -0.336. The number of aliphatic hydroxyl groups is 1. The molecule has 0 spiro atoms. The van der Waals surface area contributed by atoms with Gasteiger partial charge in [-0.1, -0.05) is 11.8 Å². The molecule has 0 heterocycles. The maximum atomic E-state index is 13.0. The van der Waals surface area contributed by atoms with Gasteiger partial charge in [0.2, 0.25) is 0 Å². The van der Waals surface area contributed by atoms with E-state index in [1.807, 2.05) is 0 Å². The summed E-state index contributed by atoms with van der Waals surface area (Å²) in [4.78, 5) is 12.1. The highest BCUT2D eigenvalue weighted by Gasteiger charge is 2.08. The molecule has 1 amide bonds. The smallest absolute Gasteiger partial charge is 0.255 e. The van der Waals surface area contributed by atoms with Crippen molar-refractivity contribution < 1.29 is 14.3 Å². The average Bonchev–Trinajstić information content (AvgIpc) is 2.48. The largest absolute Gasteiger partial charge is 0.384 e. The molecule has 0 saturated carbocycles. The van der Waals surface area contributed by atoms with Crippen molar-refractivity contribution in [3.8, 4) is 11.8 Å². The van der Waals surface area contributed by atoms with Crippen LogP contribution >= 0.6 is 0 Å². The summed E-state index contributed by atoms with van der Waals surface area (Å²) in [6, 6.07) is 10.9. The fraction of sp³-hybridized carbons (Fsp3) is 0.118. The predicted octanol–water partition coefficient (Wildman–Crippen LogP) is 2.73. The molecule has 2 aromatic rings. The number of nitrogens with one attached hydrogen (secondary N) is 1. The van der Waals surface area contributed by atoms with Crippen molar-refractivity contribution in [3.63, 3.8) is 0 Å². The molecule has 0 aliphatic heterocycles. The first kappa shape index (κ1) is 14.8. The van der Waals surface area contributed by atoms with Crippen LogP contribution < -0.4 is 5.32 Å². The lowest BCUT2D eigenvalue weighted by Gasteiger charge is -2.08. The molecule has 0 unspecified atom stereocenters. The zero-order chi connectivity index (χ0) is 15.2. The van der Waals surface area contributed by atoms with Crippen molar-refractivity contribution >= 4 is 11.6 Å². The van der Waals surface area contributed by atoms with Crippen LogP contribution in [0.25, 0.3) is 0 Å². The second kappa shape index (κ2) is 6.69. The lowest BCUT2D eigenvalue weighted by atomic mass is 10.1. The molecule has 4 heteroatoms. The van der Waals surface area contributed by atoms with Crippen LogP contribution in [0.2, 0.25) is 0 Å². The van der Waals surface area contributed by atoms with Crippen molar-refractivity contribution in [1.82, 2.24) is 0 Å². The van der Waals surface area contributed by atoms with E-state index < -0.39 is 0 Å². The Hall–Kier alpha value is -2.64. The van der Waals surface area contributed by atoms with Crippen LogP contribution in [0.1, 0.15) is 21.5 Å². The third kappa shape index (κ3) is 3.91. The van der Waals surface area contributed by atoms with Crippen LogP contribution in [0.4, 0.5) is 10.1 Å². The molecule has 2 N–H and O–H groups in total. The molecule has 0 aromatic heterocycles. The average molecular weight is 283 g/mol. The van der Waals surface area contributed by atoms with Crippen LogP contribution in [0.3, 0.4) is 0 Å². The Labute approximate surface area is 122 Å². The maximum absolute atomic E-state index is 13.0. The normalized spacial score (nSPS) is 9.67. The highest BCUT2D eigenvalue weighted by atomic mass is 19.1. The molecule has 2 rings (SSSR count). The van der Waals surface area contributed by atoms with E-state index in [1.54, 1.807) is 31.2 Å². The van der Waals surface area contributed by atoms with Crippen LogP contribution in [0.15, 0.2) is 42.5 Å². The van der Waals surface area contributed by atoms with Gasteiger partial charge in [-0.15, -0.1) is 0 Å². The van der Waals surface area contributed by atoms with Gasteiger partial charge in [-0.25, -0.2) is 4.39 Å². The fourth-order valence-electron chi connectivity index (χ4n) is 1.81. The van der Waals surface area contributed by atoms with E-state index in [1.165, 1.54) is 18.2 Å². The van der Waals surface area contributed by atoms with E-state index in [0.29, 0.717) is 16.8 Å². The Morgan fingerprint density at radius 2 is 1.95 bits per heavy atom. The lowest BCUT2D eigenvalue weighted by Crippen LogP contribution is -2.12. The topological polar surface area (TPSA) is 49.3 Å². The number of benzene rings is 2. The number of carbonyl (C=O) groups excluding carboxylic acids is 1. The first-order valence-electron chi connectivity index (χ1n) is 6.37. The molecule has 3 nitrogen and oxygen atoms in total. The van der Waals surface area contributed by atoms with Gasteiger partial charge in [0.05, 0.1) is 0 Å². The Balaban J connectivity index is 2.13. The summed E-state index contributed by atoms with van der Waals surface area (Å²) in [6.07, 6.45) is 0. The minimum Gasteiger partial charge on any atom is -0.384 e. The number of halogens is 1. The molecule has 2 aromatic carbocycles. The summed E-state index contributed by atoms with van der Waals surface area (Å²) >= 11 is 0. The number of rotatable bonds is 2. The molecule has 0 aliphatic carbocycles. The van der Waals surface area contributed by atoms with Gasteiger partial charge in [0.15, 0.2) is 0 Å². The van der Waals surface area contributed by atoms with E-state index in [4.69, 9.17) is 5.11 Å². The van der Waals surface area contributed by atoms with E-state index in [-0.39, 0.29) is 18.3 Å². The summed E-state index contributed by atoms with van der Waals surface area (Å²) in [5.74, 6) is 4.68. The van der Waals surface area contributed by atoms with Crippen molar-refractivity contribution in [1.29, 1.82) is 0 Å². The highest BCUT2D eigenvalue weighted by molar-refractivity contribution is 6.04. The Morgan fingerprint density at radius 1 is 1.24 bits per heavy atom. The Kier molecular flexibility index (Phi) is 4.70. The molecule has 0 atom stereocenters. The number of carbonyl (C=O) groups is 1. The molecular weight excluding hydrogens is 269 g/mol. The zero-order valence-electron chi connectivity index (χ0n) is 11.5. The van der Waals surface area contributed by atoms with Crippen LogP contribution in [-0.4, -0.2) is 17.6 Å². The van der Waals surface area contributed by atoms with Gasteiger partial charge < -0.3 is 10.4 Å². The third-order valence-corrected chi connectivity index (χ3v) is 2.90. The lowest BCUT2D eigenvalue weighted by molar-refractivity contribution is 0.102. The van der Waals surface area contributed by atoms with Gasteiger partial charge in [0, 0.05) is 16.8 Å². The number of aliphatic hydroxyl groups excluding tert-OH is 1. The monoisotopic (exact) mass is 283 g/mol. The summed E-state index contributed by atoms with van der Waals surface area (Å²) in [5.41, 5.74) is 2.44. The molecule has 0 radical (unpaired) electrons. The number of aryl methyl sites for hydroxylation is 1. The molecule has 0 bridgehead atoms. The van der Waals surface area contributed by atoms with Crippen LogP contribution in [0, 0.1) is 24.6 Å². The van der Waals surface area contributed by atoms with Gasteiger partial charge in [-0.05, 0) is 55.0 Å². The molecule has 21 heavy (non-hydrogen) atoms. The number of hydrogen-bond acceptors (Lipinski definition) is 2. The van der Waals surface area contributed by atoms with Gasteiger partial charge in [-0.2, -0.15) is 0 Å². The SMILES string of the molecule is Cc1cc(F)ccc1NC(=O)c1ccc(C#CCO)cc1. The molecule has 0 fully saturated rings. The zero-order valence-corrected chi connectivity index (χ0v) is 11.5. The summed E-state index contributed by atoms with van der Waals surface area (Å²) < 4.78 is 13.0. The molecule has 106 valence electrons. The van der Waals surface area contributed by atoms with Crippen LogP contribution in [-0.2, 0) is 0 Å². The van der Waals surface area contributed by atoms with Crippen molar-refractivity contribution in [2.24, 2.45) is 0 Å². The third-order valence-electron chi connectivity index (χ3n) is 2.90. The summed E-state index contributed by atoms with van der Waals surface area (Å²) in [7, 11) is 0. The van der Waals surface area contributed by atoms with E-state index in [9.17, 15) is 9.18 Å². The van der Waals surface area contributed by atoms with Crippen LogP contribution in [0.5, 0.6) is 0 Å². The van der Waals surface area contributed by atoms with Gasteiger partial charge in [0.25, 0.3) is 5.91 Å². The number of anilines is 1. The Bertz CT molecular complexity index is 712. The van der Waals surface area contributed by atoms with Gasteiger partial charge in [-0.3, -0.25) is 4.79 Å². The fourth-order valence-corrected chi connectivity index (χ4v) is 1.81. The van der Waals surface area contributed by atoms with E-state index >= 15 is 0 Å². The van der Waals surface area contributed by atoms with E-state index in [2.05, 4.69) is 17.2 Å². The standard InChI is InChI=1S/C17H14FNO2/c1-12-11-15(18)8-9-16(12)19-17(21)14-6-4-13(5-7-14)3-2-10-20/h4-9,11,20H,10H2,1H3,(H,19,21). The van der Waals surface area contributed by atoms with Crippen molar-refractivity contribution in [3.05, 3.63) is 65.0 Å². The molecular formula is C17H14FNO2. The predicted molar refractivity (Wildman–Crippen MR) is 79.5 cm³/mol. The molecule has 0 saturated heterocycles. The summed E-state index contributed by atoms with van der Waals surface area (Å²) in [6.45, 7) is 1.53. The van der Waals surface area contributed by atoms with E-state index in [0.717, 1.165) is 5.56 Å². The molecule has 0 aliphatic rings. The second-order valence-electron chi connectivity index (χ2n) is 4.45. The highest BCUT2D eigenvalue weighted by Crippen LogP contribution is 2.17. The van der Waals surface area contributed by atoms with Gasteiger partial charge in [0.1, 0.15) is 12.4 Å². The van der Waals surface area contributed by atoms with Crippen molar-refractivity contribution in [2.45, 2.75) is 6.92 Å². The van der Waals surface area contributed by atoms with Gasteiger partial charge >= 0.3 is 0 Å². The first-order chi connectivity index (χ1) is 10.1. The van der Waals surface area contributed by atoms with Crippen molar-refractivity contribution in [2.75, 3.05) is 11.9 Å². The Morgan fingerprint density at radius 3 is 2.57 bits per heavy atom. The maximum Gasteiger partial charge on any atom is 0.255 e. The summed E-state index contributed by atoms with van der Waals surface area (Å²) in [5, 5.41) is 11.4. The minimum absolute atomic E-state index is 0.202. The quantitative estimate of drug-likeness (QED) is 0.833. The second-order valence-corrected chi connectivity index (χ2v) is 4.45.